The summed E-state index contributed by atoms with van der Waals surface area (Å²) in [6.45, 7) is 4.24. The summed E-state index contributed by atoms with van der Waals surface area (Å²) in [5, 5.41) is 3.37. The van der Waals surface area contributed by atoms with Gasteiger partial charge in [-0.15, -0.1) is 22.9 Å². The van der Waals surface area contributed by atoms with E-state index in [-0.39, 0.29) is 6.17 Å². The largest absolute Gasteiger partial charge is 0.323 e. The molecule has 0 saturated carbocycles. The Morgan fingerprint density at radius 3 is 2.79 bits per heavy atom. The topological polar surface area (TPSA) is 15.6 Å². The van der Waals surface area contributed by atoms with Gasteiger partial charge in [-0.3, -0.25) is 0 Å². The summed E-state index contributed by atoms with van der Waals surface area (Å²) in [7, 11) is 0. The maximum atomic E-state index is 6.10. The van der Waals surface area contributed by atoms with Crippen LogP contribution in [0.4, 0.5) is 5.69 Å². The Morgan fingerprint density at radius 1 is 1.26 bits per heavy atom. The molecule has 98 valence electrons. The van der Waals surface area contributed by atoms with Crippen molar-refractivity contribution in [2.75, 3.05) is 10.8 Å². The number of alkyl halides is 1. The van der Waals surface area contributed by atoms with Gasteiger partial charge in [0.1, 0.15) is 10.8 Å². The van der Waals surface area contributed by atoms with Gasteiger partial charge in [0.05, 0.1) is 5.88 Å². The van der Waals surface area contributed by atoms with Crippen LogP contribution in [0.1, 0.15) is 11.1 Å². The Labute approximate surface area is 121 Å². The fourth-order valence-corrected chi connectivity index (χ4v) is 3.47. The highest BCUT2D eigenvalue weighted by Crippen LogP contribution is 2.24. The van der Waals surface area contributed by atoms with E-state index in [4.69, 9.17) is 16.6 Å². The SMILES string of the molecule is Cc1ccccc1N1C=c2c(C)csc2=NC1CCl. The zero-order valence-electron chi connectivity index (χ0n) is 10.9. The lowest BCUT2D eigenvalue weighted by Crippen LogP contribution is -2.42. The van der Waals surface area contributed by atoms with Gasteiger partial charge in [0.2, 0.25) is 0 Å². The molecule has 0 N–H and O–H groups in total. The molecule has 4 heteroatoms. The average molecular weight is 291 g/mol. The second-order valence-corrected chi connectivity index (χ2v) is 5.89. The molecular weight excluding hydrogens is 276 g/mol. The lowest BCUT2D eigenvalue weighted by Gasteiger charge is -2.29. The minimum atomic E-state index is -0.0201. The van der Waals surface area contributed by atoms with Crippen LogP contribution in [-0.4, -0.2) is 12.0 Å². The van der Waals surface area contributed by atoms with Crippen molar-refractivity contribution in [2.24, 2.45) is 4.99 Å². The maximum absolute atomic E-state index is 6.10. The molecule has 2 heterocycles. The fraction of sp³-hybridized carbons (Fsp3) is 0.267. The molecule has 1 aromatic carbocycles. The second-order valence-electron chi connectivity index (χ2n) is 4.72. The molecule has 3 rings (SSSR count). The van der Waals surface area contributed by atoms with Gasteiger partial charge in [0.25, 0.3) is 0 Å². The van der Waals surface area contributed by atoms with Crippen LogP contribution >= 0.6 is 22.9 Å². The number of aryl methyl sites for hydroxylation is 2. The summed E-state index contributed by atoms with van der Waals surface area (Å²) in [6, 6.07) is 8.34. The normalized spacial score (nSPS) is 17.6. The van der Waals surface area contributed by atoms with Crippen LogP contribution in [0.25, 0.3) is 6.20 Å². The molecular formula is C15H15ClN2S. The van der Waals surface area contributed by atoms with Crippen molar-refractivity contribution in [1.82, 2.24) is 0 Å². The molecule has 0 fully saturated rings. The number of hydrogen-bond donors (Lipinski definition) is 0. The summed E-state index contributed by atoms with van der Waals surface area (Å²) in [6.07, 6.45) is 2.16. The Bertz CT molecular complexity index is 720. The average Bonchev–Trinajstić information content (AvgIpc) is 2.79. The number of benzene rings is 1. The number of fused-ring (bicyclic) bond motifs is 1. The fourth-order valence-electron chi connectivity index (χ4n) is 2.31. The van der Waals surface area contributed by atoms with Crippen molar-refractivity contribution in [3.63, 3.8) is 0 Å². The van der Waals surface area contributed by atoms with E-state index in [1.807, 2.05) is 0 Å². The molecule has 1 aliphatic heterocycles. The van der Waals surface area contributed by atoms with Gasteiger partial charge in [-0.2, -0.15) is 0 Å². The minimum absolute atomic E-state index is 0.0201. The summed E-state index contributed by atoms with van der Waals surface area (Å²) in [5.74, 6) is 0.487. The molecule has 2 nitrogen and oxygen atoms in total. The van der Waals surface area contributed by atoms with E-state index in [1.54, 1.807) is 11.3 Å². The maximum Gasteiger partial charge on any atom is 0.140 e. The molecule has 19 heavy (non-hydrogen) atoms. The standard InChI is InChI=1S/C15H15ClN2S/c1-10-5-3-4-6-13(10)18-8-12-11(2)9-19-15(12)17-14(18)7-16/h3-6,8-9,14H,7H2,1-2H3. The molecule has 1 atom stereocenters. The molecule has 1 unspecified atom stereocenters. The zero-order valence-corrected chi connectivity index (χ0v) is 12.5. The van der Waals surface area contributed by atoms with Gasteiger partial charge in [-0.1, -0.05) is 18.2 Å². The highest BCUT2D eigenvalue weighted by molar-refractivity contribution is 7.07. The van der Waals surface area contributed by atoms with Gasteiger partial charge >= 0.3 is 0 Å². The van der Waals surface area contributed by atoms with Gasteiger partial charge in [-0.25, -0.2) is 4.99 Å². The first-order chi connectivity index (χ1) is 9.20. The summed E-state index contributed by atoms with van der Waals surface area (Å²) in [4.78, 5) is 6.95. The second kappa shape index (κ2) is 4.99. The molecule has 0 spiro atoms. The van der Waals surface area contributed by atoms with Crippen molar-refractivity contribution >= 4 is 34.8 Å². The predicted molar refractivity (Wildman–Crippen MR) is 82.5 cm³/mol. The Kier molecular flexibility index (Phi) is 3.33. The van der Waals surface area contributed by atoms with Crippen LogP contribution in [0.5, 0.6) is 0 Å². The van der Waals surface area contributed by atoms with Crippen LogP contribution in [0.2, 0.25) is 0 Å². The summed E-state index contributed by atoms with van der Waals surface area (Å²) < 4.78 is 1.09. The molecule has 0 amide bonds. The molecule has 1 aromatic heterocycles. The monoisotopic (exact) mass is 290 g/mol. The van der Waals surface area contributed by atoms with E-state index in [0.717, 1.165) is 4.67 Å². The van der Waals surface area contributed by atoms with E-state index < -0.39 is 0 Å². The first kappa shape index (κ1) is 12.7. The number of rotatable bonds is 2. The number of para-hydroxylation sites is 1. The lowest BCUT2D eigenvalue weighted by molar-refractivity contribution is 0.740. The Hall–Kier alpha value is -1.32. The zero-order chi connectivity index (χ0) is 13.4. The van der Waals surface area contributed by atoms with Gasteiger partial charge in [0.15, 0.2) is 0 Å². The van der Waals surface area contributed by atoms with E-state index in [9.17, 15) is 0 Å². The molecule has 0 radical (unpaired) electrons. The molecule has 0 bridgehead atoms. The number of halogens is 1. The Balaban J connectivity index is 2.19. The van der Waals surface area contributed by atoms with Crippen LogP contribution in [-0.2, 0) is 0 Å². The number of thiophene rings is 1. The van der Waals surface area contributed by atoms with Crippen molar-refractivity contribution in [1.29, 1.82) is 0 Å². The third-order valence-electron chi connectivity index (χ3n) is 3.39. The van der Waals surface area contributed by atoms with E-state index in [2.05, 4.69) is 54.6 Å². The van der Waals surface area contributed by atoms with Gasteiger partial charge < -0.3 is 4.90 Å². The van der Waals surface area contributed by atoms with Crippen molar-refractivity contribution in [2.45, 2.75) is 20.0 Å². The summed E-state index contributed by atoms with van der Waals surface area (Å²) in [5.41, 5.74) is 3.68. The quantitative estimate of drug-likeness (QED) is 0.777. The van der Waals surface area contributed by atoms with Crippen molar-refractivity contribution in [3.05, 3.63) is 50.7 Å². The third-order valence-corrected chi connectivity index (χ3v) is 4.69. The predicted octanol–water partition coefficient (Wildman–Crippen LogP) is 2.81. The van der Waals surface area contributed by atoms with Crippen molar-refractivity contribution in [3.8, 4) is 0 Å². The summed E-state index contributed by atoms with van der Waals surface area (Å²) >= 11 is 7.79. The Morgan fingerprint density at radius 2 is 2.05 bits per heavy atom. The van der Waals surface area contributed by atoms with E-state index in [0.29, 0.717) is 5.88 Å². The highest BCUT2D eigenvalue weighted by atomic mass is 35.5. The van der Waals surface area contributed by atoms with Crippen molar-refractivity contribution < 1.29 is 0 Å². The van der Waals surface area contributed by atoms with Crippen LogP contribution < -0.4 is 14.8 Å². The van der Waals surface area contributed by atoms with Crippen LogP contribution in [0.3, 0.4) is 0 Å². The molecule has 1 aliphatic rings. The minimum Gasteiger partial charge on any atom is -0.323 e. The van der Waals surface area contributed by atoms with Gasteiger partial charge in [0, 0.05) is 17.1 Å². The third kappa shape index (κ3) is 2.17. The van der Waals surface area contributed by atoms with Gasteiger partial charge in [-0.05, 0) is 36.4 Å². The van der Waals surface area contributed by atoms with E-state index >= 15 is 0 Å². The smallest absolute Gasteiger partial charge is 0.140 e. The first-order valence-corrected chi connectivity index (χ1v) is 7.66. The first-order valence-electron chi connectivity index (χ1n) is 6.24. The van der Waals surface area contributed by atoms with E-state index in [1.165, 1.54) is 22.0 Å². The highest BCUT2D eigenvalue weighted by Gasteiger charge is 2.20. The molecule has 0 aliphatic carbocycles. The number of anilines is 1. The molecule has 0 saturated heterocycles. The molecule has 2 aromatic rings. The van der Waals surface area contributed by atoms with Crippen LogP contribution in [0.15, 0.2) is 34.6 Å². The number of hydrogen-bond acceptors (Lipinski definition) is 3. The number of nitrogens with zero attached hydrogens (tertiary/aromatic N) is 2. The van der Waals surface area contributed by atoms with Crippen LogP contribution in [0, 0.1) is 13.8 Å². The lowest BCUT2D eigenvalue weighted by atomic mass is 10.1.